The predicted octanol–water partition coefficient (Wildman–Crippen LogP) is 1.97. The SMILES string of the molecule is CN(C)c1ccc(C(C#N)C2CCNC2)cc1. The molecule has 1 aliphatic heterocycles. The van der Waals surface area contributed by atoms with Gasteiger partial charge in [-0.25, -0.2) is 0 Å². The van der Waals surface area contributed by atoms with E-state index in [0.29, 0.717) is 5.92 Å². The minimum Gasteiger partial charge on any atom is -0.378 e. The van der Waals surface area contributed by atoms with Crippen LogP contribution in [0, 0.1) is 17.2 Å². The Kier molecular flexibility index (Phi) is 3.65. The third kappa shape index (κ3) is 2.59. The van der Waals surface area contributed by atoms with Crippen LogP contribution < -0.4 is 10.2 Å². The van der Waals surface area contributed by atoms with Crippen LogP contribution in [-0.2, 0) is 0 Å². The molecule has 3 nitrogen and oxygen atoms in total. The van der Waals surface area contributed by atoms with Crippen LogP contribution in [0.4, 0.5) is 5.69 Å². The van der Waals surface area contributed by atoms with Crippen LogP contribution in [0.15, 0.2) is 24.3 Å². The van der Waals surface area contributed by atoms with E-state index in [1.165, 1.54) is 5.69 Å². The summed E-state index contributed by atoms with van der Waals surface area (Å²) in [7, 11) is 4.05. The number of nitrogens with one attached hydrogen (secondary N) is 1. The number of hydrogen-bond acceptors (Lipinski definition) is 3. The maximum absolute atomic E-state index is 9.33. The first-order valence-corrected chi connectivity index (χ1v) is 6.10. The van der Waals surface area contributed by atoms with Gasteiger partial charge < -0.3 is 10.2 Å². The molecule has 1 aliphatic rings. The Labute approximate surface area is 103 Å². The van der Waals surface area contributed by atoms with Gasteiger partial charge in [-0.15, -0.1) is 0 Å². The van der Waals surface area contributed by atoms with Gasteiger partial charge in [-0.05, 0) is 43.1 Å². The van der Waals surface area contributed by atoms with Gasteiger partial charge in [0.15, 0.2) is 0 Å². The lowest BCUT2D eigenvalue weighted by atomic mass is 9.86. The lowest BCUT2D eigenvalue weighted by Gasteiger charge is -2.18. The van der Waals surface area contributed by atoms with Gasteiger partial charge in [-0.1, -0.05) is 12.1 Å². The third-order valence-corrected chi connectivity index (χ3v) is 3.48. The summed E-state index contributed by atoms with van der Waals surface area (Å²) in [4.78, 5) is 2.07. The zero-order valence-electron chi connectivity index (χ0n) is 10.5. The topological polar surface area (TPSA) is 39.1 Å². The maximum Gasteiger partial charge on any atom is 0.0753 e. The molecular weight excluding hydrogens is 210 g/mol. The first-order valence-electron chi connectivity index (χ1n) is 6.10. The molecule has 90 valence electrons. The predicted molar refractivity (Wildman–Crippen MR) is 70.1 cm³/mol. The van der Waals surface area contributed by atoms with E-state index >= 15 is 0 Å². The lowest BCUT2D eigenvalue weighted by Crippen LogP contribution is -2.15. The third-order valence-electron chi connectivity index (χ3n) is 3.48. The standard InChI is InChI=1S/C14H19N3/c1-17(2)13-5-3-11(4-6-13)14(9-15)12-7-8-16-10-12/h3-6,12,14,16H,7-8,10H2,1-2H3. The Hall–Kier alpha value is -1.53. The Morgan fingerprint density at radius 2 is 2.06 bits per heavy atom. The smallest absolute Gasteiger partial charge is 0.0753 e. The van der Waals surface area contributed by atoms with E-state index in [-0.39, 0.29) is 5.92 Å². The van der Waals surface area contributed by atoms with Crippen LogP contribution in [-0.4, -0.2) is 27.2 Å². The van der Waals surface area contributed by atoms with Crippen molar-refractivity contribution < 1.29 is 0 Å². The zero-order valence-corrected chi connectivity index (χ0v) is 10.5. The highest BCUT2D eigenvalue weighted by atomic mass is 15.1. The molecule has 17 heavy (non-hydrogen) atoms. The molecule has 2 atom stereocenters. The average molecular weight is 229 g/mol. The van der Waals surface area contributed by atoms with Crippen molar-refractivity contribution in [3.05, 3.63) is 29.8 Å². The molecule has 1 N–H and O–H groups in total. The van der Waals surface area contributed by atoms with E-state index in [2.05, 4.69) is 40.6 Å². The molecule has 2 unspecified atom stereocenters. The van der Waals surface area contributed by atoms with Crippen molar-refractivity contribution in [2.45, 2.75) is 12.3 Å². The van der Waals surface area contributed by atoms with Crippen LogP contribution in [0.2, 0.25) is 0 Å². The summed E-state index contributed by atoms with van der Waals surface area (Å²) in [5, 5.41) is 12.7. The van der Waals surface area contributed by atoms with E-state index in [0.717, 1.165) is 25.1 Å². The van der Waals surface area contributed by atoms with Gasteiger partial charge in [0.05, 0.1) is 12.0 Å². The van der Waals surface area contributed by atoms with Gasteiger partial charge in [0, 0.05) is 19.8 Å². The van der Waals surface area contributed by atoms with Crippen LogP contribution in [0.5, 0.6) is 0 Å². The highest BCUT2D eigenvalue weighted by Gasteiger charge is 2.25. The van der Waals surface area contributed by atoms with Gasteiger partial charge in [-0.2, -0.15) is 5.26 Å². The number of rotatable bonds is 3. The van der Waals surface area contributed by atoms with E-state index < -0.39 is 0 Å². The maximum atomic E-state index is 9.33. The number of nitrogens with zero attached hydrogens (tertiary/aromatic N) is 2. The molecule has 3 heteroatoms. The van der Waals surface area contributed by atoms with Crippen LogP contribution in [0.3, 0.4) is 0 Å². The van der Waals surface area contributed by atoms with Gasteiger partial charge >= 0.3 is 0 Å². The summed E-state index contributed by atoms with van der Waals surface area (Å²) in [6.45, 7) is 2.01. The first-order chi connectivity index (χ1) is 8.22. The molecule has 0 saturated carbocycles. The average Bonchev–Trinajstić information content (AvgIpc) is 2.84. The van der Waals surface area contributed by atoms with E-state index in [9.17, 15) is 5.26 Å². The number of hydrogen-bond donors (Lipinski definition) is 1. The lowest BCUT2D eigenvalue weighted by molar-refractivity contribution is 0.531. The monoisotopic (exact) mass is 229 g/mol. The molecule has 1 heterocycles. The van der Waals surface area contributed by atoms with Crippen LogP contribution in [0.1, 0.15) is 17.9 Å². The Balaban J connectivity index is 2.17. The molecule has 0 bridgehead atoms. The summed E-state index contributed by atoms with van der Waals surface area (Å²) in [5.74, 6) is 0.492. The summed E-state index contributed by atoms with van der Waals surface area (Å²) in [5.41, 5.74) is 2.32. The van der Waals surface area contributed by atoms with Crippen LogP contribution in [0.25, 0.3) is 0 Å². The molecule has 1 aromatic carbocycles. The van der Waals surface area contributed by atoms with Crippen molar-refractivity contribution in [3.8, 4) is 6.07 Å². The van der Waals surface area contributed by atoms with Gasteiger partial charge in [0.2, 0.25) is 0 Å². The summed E-state index contributed by atoms with van der Waals surface area (Å²) >= 11 is 0. The molecule has 1 aromatic rings. The normalized spacial score (nSPS) is 20.9. The second-order valence-electron chi connectivity index (χ2n) is 4.85. The van der Waals surface area contributed by atoms with E-state index in [1.54, 1.807) is 0 Å². The van der Waals surface area contributed by atoms with E-state index in [1.807, 2.05) is 14.1 Å². The molecule has 1 fully saturated rings. The quantitative estimate of drug-likeness (QED) is 0.861. The van der Waals surface area contributed by atoms with E-state index in [4.69, 9.17) is 0 Å². The molecule has 0 spiro atoms. The van der Waals surface area contributed by atoms with Crippen molar-refractivity contribution in [1.82, 2.24) is 5.32 Å². The molecule has 0 radical (unpaired) electrons. The Morgan fingerprint density at radius 3 is 2.53 bits per heavy atom. The molecule has 0 amide bonds. The number of anilines is 1. The molecular formula is C14H19N3. The molecule has 1 saturated heterocycles. The second-order valence-corrected chi connectivity index (χ2v) is 4.85. The molecule has 0 aliphatic carbocycles. The second kappa shape index (κ2) is 5.20. The highest BCUT2D eigenvalue weighted by Crippen LogP contribution is 2.29. The van der Waals surface area contributed by atoms with Crippen molar-refractivity contribution in [1.29, 1.82) is 5.26 Å². The van der Waals surface area contributed by atoms with Gasteiger partial charge in [0.1, 0.15) is 0 Å². The summed E-state index contributed by atoms with van der Waals surface area (Å²) < 4.78 is 0. The highest BCUT2D eigenvalue weighted by molar-refractivity contribution is 5.47. The molecule has 0 aromatic heterocycles. The Bertz CT molecular complexity index is 396. The van der Waals surface area contributed by atoms with Crippen LogP contribution >= 0.6 is 0 Å². The van der Waals surface area contributed by atoms with Gasteiger partial charge in [-0.3, -0.25) is 0 Å². The fourth-order valence-electron chi connectivity index (χ4n) is 2.39. The minimum atomic E-state index is 0.0289. The molecule has 2 rings (SSSR count). The Morgan fingerprint density at radius 1 is 1.35 bits per heavy atom. The number of benzene rings is 1. The first kappa shape index (κ1) is 11.9. The fourth-order valence-corrected chi connectivity index (χ4v) is 2.39. The van der Waals surface area contributed by atoms with Crippen molar-refractivity contribution >= 4 is 5.69 Å². The minimum absolute atomic E-state index is 0.0289. The zero-order chi connectivity index (χ0) is 12.3. The fraction of sp³-hybridized carbons (Fsp3) is 0.500. The van der Waals surface area contributed by atoms with Gasteiger partial charge in [0.25, 0.3) is 0 Å². The van der Waals surface area contributed by atoms with Crippen molar-refractivity contribution in [2.24, 2.45) is 5.92 Å². The van der Waals surface area contributed by atoms with Crippen molar-refractivity contribution in [2.75, 3.05) is 32.1 Å². The van der Waals surface area contributed by atoms with Crippen molar-refractivity contribution in [3.63, 3.8) is 0 Å². The summed E-state index contributed by atoms with van der Waals surface area (Å²) in [6.07, 6.45) is 1.10. The number of nitriles is 1. The summed E-state index contributed by atoms with van der Waals surface area (Å²) in [6, 6.07) is 10.8. The largest absolute Gasteiger partial charge is 0.378 e.